The summed E-state index contributed by atoms with van der Waals surface area (Å²) in [6.45, 7) is 6.52. The molecule has 2 aromatic heterocycles. The van der Waals surface area contributed by atoms with Crippen LogP contribution in [0.1, 0.15) is 48.3 Å². The van der Waals surface area contributed by atoms with Gasteiger partial charge in [0.1, 0.15) is 0 Å². The number of nitrogens with one attached hydrogen (secondary N) is 1. The van der Waals surface area contributed by atoms with Crippen LogP contribution in [0.4, 0.5) is 5.13 Å². The summed E-state index contributed by atoms with van der Waals surface area (Å²) >= 11 is 1.40. The first-order valence-electron chi connectivity index (χ1n) is 12.1. The summed E-state index contributed by atoms with van der Waals surface area (Å²) in [5.74, 6) is -0.857. The lowest BCUT2D eigenvalue weighted by molar-refractivity contribution is -0.124. The van der Waals surface area contributed by atoms with Crippen LogP contribution in [0.2, 0.25) is 0 Å². The van der Waals surface area contributed by atoms with E-state index in [1.54, 1.807) is 0 Å². The topological polar surface area (TPSA) is 84.4 Å². The number of carbonyl (C=O) groups excluding carboxylic acids is 2. The zero-order chi connectivity index (χ0) is 24.4. The highest BCUT2D eigenvalue weighted by Crippen LogP contribution is 2.30. The molecule has 0 saturated carbocycles. The predicted octanol–water partition coefficient (Wildman–Crippen LogP) is 5.19. The van der Waals surface area contributed by atoms with Crippen molar-refractivity contribution in [3.8, 4) is 0 Å². The third-order valence-electron chi connectivity index (χ3n) is 6.31. The molecule has 0 bridgehead atoms. The molecule has 1 unspecified atom stereocenters. The molecule has 2 aromatic carbocycles. The molecule has 0 fully saturated rings. The highest BCUT2D eigenvalue weighted by atomic mass is 32.1. The summed E-state index contributed by atoms with van der Waals surface area (Å²) in [6, 6.07) is 15.3. The number of amides is 1. The van der Waals surface area contributed by atoms with Gasteiger partial charge in [0.05, 0.1) is 21.3 Å². The van der Waals surface area contributed by atoms with E-state index in [2.05, 4.69) is 22.1 Å². The Morgan fingerprint density at radius 2 is 1.86 bits per heavy atom. The lowest BCUT2D eigenvalue weighted by atomic mass is 9.95. The molecule has 35 heavy (non-hydrogen) atoms. The van der Waals surface area contributed by atoms with Crippen LogP contribution in [0.25, 0.3) is 21.1 Å². The van der Waals surface area contributed by atoms with Gasteiger partial charge in [0.15, 0.2) is 11.2 Å². The maximum absolute atomic E-state index is 13.6. The van der Waals surface area contributed by atoms with Crippen LogP contribution in [0.15, 0.2) is 48.5 Å². The summed E-state index contributed by atoms with van der Waals surface area (Å²) in [4.78, 5) is 38.3. The van der Waals surface area contributed by atoms with Crippen LogP contribution in [-0.2, 0) is 22.5 Å². The van der Waals surface area contributed by atoms with Crippen molar-refractivity contribution < 1.29 is 14.3 Å². The number of rotatable bonds is 7. The molecule has 4 aromatic rings. The van der Waals surface area contributed by atoms with Gasteiger partial charge in [-0.15, -0.1) is 0 Å². The third kappa shape index (κ3) is 4.76. The van der Waals surface area contributed by atoms with Gasteiger partial charge in [0, 0.05) is 36.2 Å². The molecule has 7 nitrogen and oxygen atoms in total. The number of hydrogen-bond acceptors (Lipinski definition) is 7. The van der Waals surface area contributed by atoms with Crippen molar-refractivity contribution >= 4 is 49.5 Å². The smallest absolute Gasteiger partial charge is 0.340 e. The van der Waals surface area contributed by atoms with Gasteiger partial charge < -0.3 is 4.74 Å². The van der Waals surface area contributed by atoms with Crippen molar-refractivity contribution in [3.63, 3.8) is 0 Å². The van der Waals surface area contributed by atoms with Gasteiger partial charge in [-0.3, -0.25) is 20.0 Å². The molecule has 0 spiro atoms. The monoisotopic (exact) mass is 488 g/mol. The van der Waals surface area contributed by atoms with Gasteiger partial charge in [-0.1, -0.05) is 55.5 Å². The van der Waals surface area contributed by atoms with Crippen molar-refractivity contribution in [2.75, 3.05) is 18.4 Å². The summed E-state index contributed by atoms with van der Waals surface area (Å²) < 4.78 is 6.83. The Morgan fingerprint density at radius 1 is 1.09 bits per heavy atom. The number of thiazole rings is 1. The number of ether oxygens (including phenoxy) is 1. The van der Waals surface area contributed by atoms with Crippen LogP contribution in [0, 0.1) is 0 Å². The Morgan fingerprint density at radius 3 is 2.63 bits per heavy atom. The maximum Gasteiger partial charge on any atom is 0.340 e. The number of carbonyl (C=O) groups is 2. The van der Waals surface area contributed by atoms with Gasteiger partial charge >= 0.3 is 5.97 Å². The Bertz CT molecular complexity index is 1370. The number of para-hydroxylation sites is 2. The van der Waals surface area contributed by atoms with Crippen molar-refractivity contribution in [2.24, 2.45) is 0 Å². The first kappa shape index (κ1) is 23.4. The third-order valence-corrected chi connectivity index (χ3v) is 7.26. The van der Waals surface area contributed by atoms with E-state index >= 15 is 0 Å². The molecule has 1 atom stereocenters. The maximum atomic E-state index is 13.6. The molecule has 8 heteroatoms. The van der Waals surface area contributed by atoms with Crippen LogP contribution < -0.4 is 5.32 Å². The molecule has 0 saturated heterocycles. The minimum absolute atomic E-state index is 0.357. The quantitative estimate of drug-likeness (QED) is 0.361. The number of anilines is 1. The fraction of sp³-hybridized carbons (Fsp3) is 0.333. The molecule has 0 aliphatic carbocycles. The summed E-state index contributed by atoms with van der Waals surface area (Å²) in [5.41, 5.74) is 3.97. The first-order chi connectivity index (χ1) is 17.1. The van der Waals surface area contributed by atoms with E-state index in [1.807, 2.05) is 55.5 Å². The number of benzene rings is 2. The van der Waals surface area contributed by atoms with E-state index in [-0.39, 0.29) is 5.91 Å². The number of pyridine rings is 1. The van der Waals surface area contributed by atoms with E-state index < -0.39 is 12.1 Å². The van der Waals surface area contributed by atoms with E-state index in [1.165, 1.54) is 11.3 Å². The fourth-order valence-electron chi connectivity index (χ4n) is 4.61. The Balaban J connectivity index is 1.42. The zero-order valence-corrected chi connectivity index (χ0v) is 20.7. The minimum Gasteiger partial charge on any atom is -0.449 e. The molecule has 1 aliphatic heterocycles. The minimum atomic E-state index is -0.924. The summed E-state index contributed by atoms with van der Waals surface area (Å²) in [6.07, 6.45) is 1.26. The predicted molar refractivity (Wildman–Crippen MR) is 139 cm³/mol. The van der Waals surface area contributed by atoms with Crippen LogP contribution in [0.3, 0.4) is 0 Å². The average Bonchev–Trinajstić information content (AvgIpc) is 3.28. The van der Waals surface area contributed by atoms with Crippen LogP contribution in [-0.4, -0.2) is 45.9 Å². The number of fused-ring (bicyclic) bond motifs is 3. The van der Waals surface area contributed by atoms with Crippen molar-refractivity contribution in [1.29, 1.82) is 0 Å². The SMILES string of the molecule is CCCN1CCc2nc3ccccc3c(C(=O)OC(CC)C(=O)Nc3nc4ccccc4s3)c2C1. The number of nitrogens with zero attached hydrogens (tertiary/aromatic N) is 3. The highest BCUT2D eigenvalue weighted by Gasteiger charge is 2.29. The van der Waals surface area contributed by atoms with Gasteiger partial charge in [0.2, 0.25) is 0 Å². The second kappa shape index (κ2) is 10.1. The molecule has 1 aliphatic rings. The van der Waals surface area contributed by atoms with E-state index in [0.29, 0.717) is 23.7 Å². The molecule has 180 valence electrons. The summed E-state index contributed by atoms with van der Waals surface area (Å²) in [7, 11) is 0. The number of esters is 1. The highest BCUT2D eigenvalue weighted by molar-refractivity contribution is 7.22. The molecular weight excluding hydrogens is 460 g/mol. The van der Waals surface area contributed by atoms with Crippen LogP contribution in [0.5, 0.6) is 0 Å². The van der Waals surface area contributed by atoms with E-state index in [9.17, 15) is 9.59 Å². The lowest BCUT2D eigenvalue weighted by Gasteiger charge is -2.29. The second-order valence-electron chi connectivity index (χ2n) is 8.73. The van der Waals surface area contributed by atoms with Crippen molar-refractivity contribution in [1.82, 2.24) is 14.9 Å². The van der Waals surface area contributed by atoms with Crippen LogP contribution >= 0.6 is 11.3 Å². The normalized spacial score (nSPS) is 14.6. The zero-order valence-electron chi connectivity index (χ0n) is 19.9. The molecule has 1 N–H and O–H groups in total. The number of aromatic nitrogens is 2. The van der Waals surface area contributed by atoms with Gasteiger partial charge in [0.25, 0.3) is 5.91 Å². The van der Waals surface area contributed by atoms with Gasteiger partial charge in [-0.05, 0) is 37.6 Å². The Kier molecular flexibility index (Phi) is 6.74. The largest absolute Gasteiger partial charge is 0.449 e. The standard InChI is InChI=1S/C27H28N4O3S/c1-3-14-31-15-13-20-18(16-31)24(17-9-5-6-10-19(17)28-20)26(33)34-22(4-2)25(32)30-27-29-21-11-7-8-12-23(21)35-27/h5-12,22H,3-4,13-16H2,1-2H3,(H,29,30,32). The van der Waals surface area contributed by atoms with Crippen molar-refractivity contribution in [3.05, 3.63) is 65.4 Å². The molecule has 3 heterocycles. The second-order valence-corrected chi connectivity index (χ2v) is 9.76. The lowest BCUT2D eigenvalue weighted by Crippen LogP contribution is -2.35. The first-order valence-corrected chi connectivity index (χ1v) is 12.9. The van der Waals surface area contributed by atoms with E-state index in [4.69, 9.17) is 9.72 Å². The number of hydrogen-bond donors (Lipinski definition) is 1. The Labute approximate surface area is 208 Å². The van der Waals surface area contributed by atoms with Gasteiger partial charge in [-0.25, -0.2) is 9.78 Å². The molecule has 0 radical (unpaired) electrons. The summed E-state index contributed by atoms with van der Waals surface area (Å²) in [5, 5.41) is 4.09. The van der Waals surface area contributed by atoms with Crippen molar-refractivity contribution in [2.45, 2.75) is 45.8 Å². The Hall–Kier alpha value is -3.36. The molecule has 5 rings (SSSR count). The van der Waals surface area contributed by atoms with Gasteiger partial charge in [-0.2, -0.15) is 0 Å². The van der Waals surface area contributed by atoms with E-state index in [0.717, 1.165) is 58.3 Å². The molecular formula is C27H28N4O3S. The molecule has 1 amide bonds. The fourth-order valence-corrected chi connectivity index (χ4v) is 5.48. The average molecular weight is 489 g/mol.